The van der Waals surface area contributed by atoms with Gasteiger partial charge in [0, 0.05) is 31.3 Å². The van der Waals surface area contributed by atoms with Gasteiger partial charge in [-0.15, -0.1) is 0 Å². The molecule has 0 fully saturated rings. The van der Waals surface area contributed by atoms with E-state index < -0.39 is 26.7 Å². The highest BCUT2D eigenvalue weighted by Gasteiger charge is 2.58. The third-order valence-corrected chi connectivity index (χ3v) is 6.71. The van der Waals surface area contributed by atoms with Crippen LogP contribution in [0.25, 0.3) is 0 Å². The maximum absolute atomic E-state index is 14.4. The molecule has 0 aliphatic rings. The molecule has 162 valence electrons. The van der Waals surface area contributed by atoms with Gasteiger partial charge in [0.2, 0.25) is 0 Å². The van der Waals surface area contributed by atoms with E-state index in [1.807, 2.05) is 0 Å². The molecule has 28 heavy (non-hydrogen) atoms. The summed E-state index contributed by atoms with van der Waals surface area (Å²) < 4.78 is 66.2. The summed E-state index contributed by atoms with van der Waals surface area (Å²) in [6.45, 7) is 4.48. The van der Waals surface area contributed by atoms with Gasteiger partial charge in [0.15, 0.2) is 4.75 Å². The first-order valence-electron chi connectivity index (χ1n) is 8.90. The van der Waals surface area contributed by atoms with Crippen molar-refractivity contribution >= 4 is 10.1 Å². The van der Waals surface area contributed by atoms with Crippen molar-refractivity contribution in [2.75, 3.05) is 20.8 Å². The molecule has 1 aromatic carbocycles. The van der Waals surface area contributed by atoms with Crippen LogP contribution in [-0.4, -0.2) is 45.0 Å². The van der Waals surface area contributed by atoms with Crippen molar-refractivity contribution in [2.45, 2.75) is 58.0 Å². The van der Waals surface area contributed by atoms with Gasteiger partial charge in [-0.1, -0.05) is 13.8 Å². The number of phenols is 1. The van der Waals surface area contributed by atoms with Crippen LogP contribution in [-0.2, 0) is 43.4 Å². The highest BCUT2D eigenvalue weighted by atomic mass is 32.2. The number of ether oxygens (including phenoxy) is 2. The highest BCUT2D eigenvalue weighted by molar-refractivity contribution is 7.88. The molecule has 1 rings (SSSR count). The number of rotatable bonds is 11. The van der Waals surface area contributed by atoms with Crippen LogP contribution in [0.2, 0.25) is 0 Å². The number of benzene rings is 1. The first kappa shape index (κ1) is 24.7. The van der Waals surface area contributed by atoms with E-state index in [9.17, 15) is 22.3 Å². The third kappa shape index (κ3) is 5.20. The number of phenolic OH excluding ortho intramolecular Hbond substituents is 1. The molecule has 0 heterocycles. The molecule has 0 unspecified atom stereocenters. The van der Waals surface area contributed by atoms with Gasteiger partial charge >= 0.3 is 0 Å². The van der Waals surface area contributed by atoms with Gasteiger partial charge in [0.05, 0.1) is 19.8 Å². The van der Waals surface area contributed by atoms with Gasteiger partial charge in [-0.05, 0) is 38.0 Å². The summed E-state index contributed by atoms with van der Waals surface area (Å²) in [5, 5.41) is 10.2. The SMILES string of the molecule is COCc1cc(CCOS(=O)(=O)C(C)(C)C(F)(F)C(C)C)cc(COC)c1O. The predicted molar refractivity (Wildman–Crippen MR) is 102 cm³/mol. The van der Waals surface area contributed by atoms with Crippen LogP contribution in [0.5, 0.6) is 5.75 Å². The fourth-order valence-electron chi connectivity index (χ4n) is 2.79. The minimum Gasteiger partial charge on any atom is -0.507 e. The Kier molecular flexibility index (Phi) is 8.37. The van der Waals surface area contributed by atoms with Crippen LogP contribution in [0.3, 0.4) is 0 Å². The van der Waals surface area contributed by atoms with Crippen molar-refractivity contribution in [3.05, 3.63) is 28.8 Å². The normalized spacial score (nSPS) is 13.3. The fourth-order valence-corrected chi connectivity index (χ4v) is 3.95. The van der Waals surface area contributed by atoms with Crippen molar-refractivity contribution in [3.63, 3.8) is 0 Å². The van der Waals surface area contributed by atoms with E-state index >= 15 is 0 Å². The molecule has 0 aromatic heterocycles. The molecule has 9 heteroatoms. The summed E-state index contributed by atoms with van der Waals surface area (Å²) in [6.07, 6.45) is 0.149. The standard InChI is InChI=1S/C19H30F2O6S/c1-13(2)19(20,21)18(3,4)28(23,24)27-8-7-14-9-15(11-25-5)17(22)16(10-14)12-26-6/h9-10,13,22H,7-8,11-12H2,1-6H3. The third-order valence-electron chi connectivity index (χ3n) is 4.71. The topological polar surface area (TPSA) is 82.1 Å². The smallest absolute Gasteiger partial charge is 0.278 e. The van der Waals surface area contributed by atoms with E-state index in [1.54, 1.807) is 12.1 Å². The largest absolute Gasteiger partial charge is 0.507 e. The van der Waals surface area contributed by atoms with Crippen molar-refractivity contribution in [2.24, 2.45) is 5.92 Å². The number of methoxy groups -OCH3 is 2. The quantitative estimate of drug-likeness (QED) is 0.546. The molecular formula is C19H30F2O6S. The lowest BCUT2D eigenvalue weighted by molar-refractivity contribution is -0.0764. The Hall–Kier alpha value is -1.29. The van der Waals surface area contributed by atoms with E-state index in [0.29, 0.717) is 16.7 Å². The fraction of sp³-hybridized carbons (Fsp3) is 0.684. The lowest BCUT2D eigenvalue weighted by atomic mass is 9.94. The van der Waals surface area contributed by atoms with Gasteiger partial charge in [-0.2, -0.15) is 8.42 Å². The van der Waals surface area contributed by atoms with E-state index in [-0.39, 0.29) is 32.0 Å². The second kappa shape index (κ2) is 9.47. The molecule has 0 aliphatic heterocycles. The highest BCUT2D eigenvalue weighted by Crippen LogP contribution is 2.41. The van der Waals surface area contributed by atoms with Crippen LogP contribution in [0.1, 0.15) is 44.4 Å². The summed E-state index contributed by atoms with van der Waals surface area (Å²) in [4.78, 5) is 0. The van der Waals surface area contributed by atoms with Crippen molar-refractivity contribution in [1.82, 2.24) is 0 Å². The second-order valence-corrected chi connectivity index (χ2v) is 9.61. The van der Waals surface area contributed by atoms with Gasteiger partial charge in [0.1, 0.15) is 5.75 Å². The Balaban J connectivity index is 2.98. The molecule has 0 radical (unpaired) electrons. The van der Waals surface area contributed by atoms with Gasteiger partial charge < -0.3 is 14.6 Å². The second-order valence-electron chi connectivity index (χ2n) is 7.44. The molecule has 1 N–H and O–H groups in total. The van der Waals surface area contributed by atoms with Crippen LogP contribution >= 0.6 is 0 Å². The molecule has 0 saturated carbocycles. The van der Waals surface area contributed by atoms with E-state index in [4.69, 9.17) is 13.7 Å². The van der Waals surface area contributed by atoms with E-state index in [2.05, 4.69) is 0 Å². The Bertz CT molecular complexity index is 733. The van der Waals surface area contributed by atoms with Crippen molar-refractivity contribution in [3.8, 4) is 5.75 Å². The van der Waals surface area contributed by atoms with Gasteiger partial charge in [0.25, 0.3) is 16.0 Å². The minimum absolute atomic E-state index is 0.0405. The van der Waals surface area contributed by atoms with E-state index in [1.165, 1.54) is 28.1 Å². The Labute approximate surface area is 165 Å². The molecule has 0 bridgehead atoms. The molecule has 0 aliphatic carbocycles. The molecule has 0 amide bonds. The number of aromatic hydroxyl groups is 1. The number of hydrogen-bond donors (Lipinski definition) is 1. The van der Waals surface area contributed by atoms with Gasteiger partial charge in [-0.25, -0.2) is 8.78 Å². The van der Waals surface area contributed by atoms with Crippen LogP contribution < -0.4 is 0 Å². The Morgan fingerprint density at radius 2 is 1.54 bits per heavy atom. The maximum atomic E-state index is 14.4. The van der Waals surface area contributed by atoms with Gasteiger partial charge in [-0.3, -0.25) is 4.18 Å². The lowest BCUT2D eigenvalue weighted by Gasteiger charge is -2.35. The average Bonchev–Trinajstić information content (AvgIpc) is 2.58. The van der Waals surface area contributed by atoms with Crippen molar-refractivity contribution in [1.29, 1.82) is 0 Å². The first-order chi connectivity index (χ1) is 12.8. The molecule has 6 nitrogen and oxygen atoms in total. The molecule has 0 spiro atoms. The summed E-state index contributed by atoms with van der Waals surface area (Å²) in [7, 11) is -1.57. The van der Waals surface area contributed by atoms with Crippen LogP contribution in [0.15, 0.2) is 12.1 Å². The summed E-state index contributed by atoms with van der Waals surface area (Å²) in [5.74, 6) is -4.58. The van der Waals surface area contributed by atoms with Crippen LogP contribution in [0, 0.1) is 5.92 Å². The summed E-state index contributed by atoms with van der Waals surface area (Å²) in [5.41, 5.74) is 1.70. The summed E-state index contributed by atoms with van der Waals surface area (Å²) >= 11 is 0. The van der Waals surface area contributed by atoms with Crippen LogP contribution in [0.4, 0.5) is 8.78 Å². The molecule has 1 aromatic rings. The van der Waals surface area contributed by atoms with E-state index in [0.717, 1.165) is 13.8 Å². The van der Waals surface area contributed by atoms with Crippen molar-refractivity contribution < 1.29 is 36.0 Å². The number of alkyl halides is 2. The number of hydrogen-bond acceptors (Lipinski definition) is 6. The first-order valence-corrected chi connectivity index (χ1v) is 10.3. The molecular weight excluding hydrogens is 394 g/mol. The predicted octanol–water partition coefficient (Wildman–Crippen LogP) is 3.64. The molecule has 0 atom stereocenters. The lowest BCUT2D eigenvalue weighted by Crippen LogP contribution is -2.53. The minimum atomic E-state index is -4.53. The Morgan fingerprint density at radius 3 is 1.93 bits per heavy atom. The average molecular weight is 425 g/mol. The zero-order valence-corrected chi connectivity index (χ0v) is 18.0. The maximum Gasteiger partial charge on any atom is 0.278 e. The monoisotopic (exact) mass is 424 g/mol. The zero-order chi connectivity index (χ0) is 21.8. The number of halogens is 2. The zero-order valence-electron chi connectivity index (χ0n) is 17.2. The summed E-state index contributed by atoms with van der Waals surface area (Å²) in [6, 6.07) is 3.31. The Morgan fingerprint density at radius 1 is 1.07 bits per heavy atom. The molecule has 0 saturated heterocycles.